The molecule has 8 heavy (non-hydrogen) atoms. The Bertz CT molecular complexity index is 45.8. The van der Waals surface area contributed by atoms with Crippen molar-refractivity contribution in [3.63, 3.8) is 0 Å². The van der Waals surface area contributed by atoms with Crippen LogP contribution in [-0.2, 0) is 0 Å². The van der Waals surface area contributed by atoms with Crippen LogP contribution in [0.4, 0.5) is 0 Å². The third kappa shape index (κ3) is 4.91. The van der Waals surface area contributed by atoms with Gasteiger partial charge in [0, 0.05) is 0 Å². The van der Waals surface area contributed by atoms with Crippen molar-refractivity contribution in [1.29, 1.82) is 0 Å². The normalized spacial score (nSPS) is 9.75. The molecule has 0 bridgehead atoms. The van der Waals surface area contributed by atoms with Crippen LogP contribution < -0.4 is 0 Å². The van der Waals surface area contributed by atoms with Crippen LogP contribution in [0, 0.1) is 0 Å². The third-order valence-corrected chi connectivity index (χ3v) is 10.4. The molecule has 0 rings (SSSR count). The number of hydrogen-bond donors (Lipinski definition) is 0. The Morgan fingerprint density at radius 2 is 1.75 bits per heavy atom. The monoisotopic (exact) mass is 225 g/mol. The molecule has 0 amide bonds. The molecule has 0 aliphatic rings. The molecule has 51 valence electrons. The van der Waals surface area contributed by atoms with Gasteiger partial charge in [0.1, 0.15) is 0 Å². The summed E-state index contributed by atoms with van der Waals surface area (Å²) in [5.41, 5.74) is 0. The van der Waals surface area contributed by atoms with Crippen LogP contribution in [0.25, 0.3) is 0 Å². The molecule has 2 N–H and O–H groups in total. The standard InChI is InChI=1S/C3H7.C2H5.CH3.H2O.Sn/c1-3-2;1-2;;;/h3H,1-2H3;1H2,2H3;1H3;1H2;. The second-order valence-corrected chi connectivity index (χ2v) is 12.5. The van der Waals surface area contributed by atoms with E-state index in [0.29, 0.717) is 0 Å². The molecule has 0 aromatic carbocycles. The van der Waals surface area contributed by atoms with Gasteiger partial charge in [0.05, 0.1) is 0 Å². The van der Waals surface area contributed by atoms with Gasteiger partial charge in [-0.05, 0) is 0 Å². The fraction of sp³-hybridized carbons (Fsp3) is 1.00. The Kier molecular flexibility index (Phi) is 8.49. The summed E-state index contributed by atoms with van der Waals surface area (Å²) >= 11 is -0.736. The van der Waals surface area contributed by atoms with Gasteiger partial charge in [-0.3, -0.25) is 0 Å². The van der Waals surface area contributed by atoms with E-state index >= 15 is 0 Å². The molecule has 0 unspecified atom stereocenters. The maximum absolute atomic E-state index is 2.49. The molecule has 2 heteroatoms. The van der Waals surface area contributed by atoms with Gasteiger partial charge in [0.25, 0.3) is 0 Å². The summed E-state index contributed by atoms with van der Waals surface area (Å²) < 4.78 is 2.58. The largest absolute Gasteiger partial charge is 0.412 e. The van der Waals surface area contributed by atoms with E-state index < -0.39 is 19.8 Å². The van der Waals surface area contributed by atoms with Crippen molar-refractivity contribution in [2.24, 2.45) is 0 Å². The molecule has 0 aliphatic carbocycles. The zero-order valence-electron chi connectivity index (χ0n) is 6.28. The van der Waals surface area contributed by atoms with E-state index in [1.165, 1.54) is 4.44 Å². The molecular formula is C6H17OSn. The molecule has 0 fully saturated rings. The summed E-state index contributed by atoms with van der Waals surface area (Å²) in [6, 6.07) is 0. The fourth-order valence-electron chi connectivity index (χ4n) is 0.408. The Morgan fingerprint density at radius 1 is 1.38 bits per heavy atom. The molecule has 1 nitrogen and oxygen atoms in total. The van der Waals surface area contributed by atoms with Gasteiger partial charge < -0.3 is 5.48 Å². The SMILES string of the molecule is C[CH2][Sn]([CH3])[CH](C)C.O. The summed E-state index contributed by atoms with van der Waals surface area (Å²) in [6.07, 6.45) is 0. The van der Waals surface area contributed by atoms with E-state index in [1.807, 2.05) is 0 Å². The average molecular weight is 224 g/mol. The zero-order valence-corrected chi connectivity index (χ0v) is 9.14. The van der Waals surface area contributed by atoms with Crippen molar-refractivity contribution in [1.82, 2.24) is 0 Å². The summed E-state index contributed by atoms with van der Waals surface area (Å²) in [5, 5.41) is 0. The summed E-state index contributed by atoms with van der Waals surface area (Å²) in [6.45, 7) is 7.05. The fourth-order valence-corrected chi connectivity index (χ4v) is 2.74. The maximum atomic E-state index is 2.49. The van der Waals surface area contributed by atoms with Crippen LogP contribution in [0.1, 0.15) is 20.8 Å². The van der Waals surface area contributed by atoms with Crippen LogP contribution in [0.15, 0.2) is 0 Å². The molecule has 0 saturated carbocycles. The zero-order chi connectivity index (χ0) is 5.86. The number of hydrogen-bond acceptors (Lipinski definition) is 0. The van der Waals surface area contributed by atoms with Crippen molar-refractivity contribution in [2.45, 2.75) is 34.1 Å². The molecule has 0 atom stereocenters. The Hall–Kier alpha value is 0.759. The van der Waals surface area contributed by atoms with E-state index in [-0.39, 0.29) is 5.48 Å². The predicted octanol–water partition coefficient (Wildman–Crippen LogP) is 1.72. The van der Waals surface area contributed by atoms with Crippen LogP contribution in [-0.4, -0.2) is 25.2 Å². The second-order valence-electron chi connectivity index (χ2n) is 2.35. The Balaban J connectivity index is 0. The van der Waals surface area contributed by atoms with Crippen molar-refractivity contribution in [3.8, 4) is 0 Å². The van der Waals surface area contributed by atoms with E-state index in [2.05, 4.69) is 25.7 Å². The average Bonchev–Trinajstić information content (AvgIpc) is 1.65. The number of rotatable bonds is 2. The predicted molar refractivity (Wildman–Crippen MR) is 40.8 cm³/mol. The second kappa shape index (κ2) is 5.89. The quantitative estimate of drug-likeness (QED) is 0.639. The van der Waals surface area contributed by atoms with Gasteiger partial charge in [0.2, 0.25) is 0 Å². The first-order chi connectivity index (χ1) is 3.18. The molecule has 0 aromatic heterocycles. The summed E-state index contributed by atoms with van der Waals surface area (Å²) in [5.74, 6) is 0. The third-order valence-electron chi connectivity index (χ3n) is 1.54. The molecule has 0 spiro atoms. The van der Waals surface area contributed by atoms with E-state index in [9.17, 15) is 0 Å². The molecule has 1 radical (unpaired) electrons. The molecule has 0 aliphatic heterocycles. The first kappa shape index (κ1) is 11.5. The van der Waals surface area contributed by atoms with Gasteiger partial charge in [-0.25, -0.2) is 0 Å². The summed E-state index contributed by atoms with van der Waals surface area (Å²) in [4.78, 5) is 2.49. The van der Waals surface area contributed by atoms with Gasteiger partial charge in [0.15, 0.2) is 0 Å². The molecular weight excluding hydrogens is 207 g/mol. The van der Waals surface area contributed by atoms with E-state index in [4.69, 9.17) is 0 Å². The van der Waals surface area contributed by atoms with E-state index in [0.717, 1.165) is 3.93 Å². The van der Waals surface area contributed by atoms with Crippen molar-refractivity contribution < 1.29 is 5.48 Å². The molecule has 0 heterocycles. The Morgan fingerprint density at radius 3 is 1.75 bits per heavy atom. The maximum Gasteiger partial charge on any atom is -0.412 e. The van der Waals surface area contributed by atoms with Crippen LogP contribution >= 0.6 is 0 Å². The van der Waals surface area contributed by atoms with Crippen molar-refractivity contribution in [2.75, 3.05) is 0 Å². The van der Waals surface area contributed by atoms with E-state index in [1.54, 1.807) is 0 Å². The van der Waals surface area contributed by atoms with Crippen molar-refractivity contribution >= 4 is 19.8 Å². The van der Waals surface area contributed by atoms with Crippen LogP contribution in [0.3, 0.4) is 0 Å². The minimum atomic E-state index is -0.736. The van der Waals surface area contributed by atoms with Gasteiger partial charge in [-0.2, -0.15) is 0 Å². The van der Waals surface area contributed by atoms with Crippen LogP contribution in [0.5, 0.6) is 0 Å². The van der Waals surface area contributed by atoms with Gasteiger partial charge in [-0.1, -0.05) is 0 Å². The smallest absolute Gasteiger partial charge is 0.412 e. The molecule has 0 saturated heterocycles. The topological polar surface area (TPSA) is 31.5 Å². The first-order valence-corrected chi connectivity index (χ1v) is 9.52. The van der Waals surface area contributed by atoms with Gasteiger partial charge >= 0.3 is 53.8 Å². The van der Waals surface area contributed by atoms with Gasteiger partial charge in [-0.15, -0.1) is 0 Å². The van der Waals surface area contributed by atoms with Crippen molar-refractivity contribution in [3.05, 3.63) is 0 Å². The first-order valence-electron chi connectivity index (χ1n) is 3.00. The summed E-state index contributed by atoms with van der Waals surface area (Å²) in [7, 11) is 0. The molecule has 0 aromatic rings. The Labute approximate surface area is 59.5 Å². The minimum absolute atomic E-state index is 0. The minimum Gasteiger partial charge on any atom is -0.412 e. The van der Waals surface area contributed by atoms with Crippen LogP contribution in [0.2, 0.25) is 13.3 Å².